The minimum absolute atomic E-state index is 0.669. The summed E-state index contributed by atoms with van der Waals surface area (Å²) in [6, 6.07) is 74.1. The van der Waals surface area contributed by atoms with Gasteiger partial charge >= 0.3 is 0 Å². The van der Waals surface area contributed by atoms with Crippen LogP contribution in [0.5, 0.6) is 0 Å². The number of pyridine rings is 1. The summed E-state index contributed by atoms with van der Waals surface area (Å²) in [7, 11) is 0. The highest BCUT2D eigenvalue weighted by Gasteiger charge is 2.22. The molecule has 8 aromatic carbocycles. The third kappa shape index (κ3) is 5.98. The lowest BCUT2D eigenvalue weighted by Crippen LogP contribution is -2.00. The molecule has 0 aliphatic rings. The Bertz CT molecular complexity index is 3610. The maximum absolute atomic E-state index is 6.45. The van der Waals surface area contributed by atoms with E-state index >= 15 is 0 Å². The average Bonchev–Trinajstić information content (AvgIpc) is 3.97. The van der Waals surface area contributed by atoms with Gasteiger partial charge in [-0.1, -0.05) is 194 Å². The molecule has 0 N–H and O–H groups in total. The average molecular weight is 793 g/mol. The maximum Gasteiger partial charge on any atom is 0.160 e. The molecular weight excluding hydrogens is 757 g/mol. The standard InChI is InChI=1S/C57H36N4O/c1-4-16-37(17-5-1)49-36-58-61-54(40-18-6-2-7-19-40)53(46-25-10-11-26-47(46)55(49)61)39-32-30-38(31-33-39)50-35-51(60-57(59-50)41-20-8-3-9-21-41)43-23-14-22-42(34-43)44-27-15-28-48-45-24-12-13-29-52(45)62-56(44)48/h1-36H. The van der Waals surface area contributed by atoms with Crippen molar-refractivity contribution < 1.29 is 4.42 Å². The van der Waals surface area contributed by atoms with Crippen molar-refractivity contribution in [3.8, 4) is 78.5 Å². The second-order valence-corrected chi connectivity index (χ2v) is 15.6. The van der Waals surface area contributed by atoms with E-state index in [0.29, 0.717) is 5.82 Å². The Morgan fingerprint density at radius 3 is 1.69 bits per heavy atom. The first-order valence-corrected chi connectivity index (χ1v) is 20.8. The molecule has 0 spiro atoms. The summed E-state index contributed by atoms with van der Waals surface area (Å²) in [5.41, 5.74) is 16.2. The number of nitrogens with zero attached hydrogens (tertiary/aromatic N) is 4. The zero-order chi connectivity index (χ0) is 41.0. The summed E-state index contributed by atoms with van der Waals surface area (Å²) in [5, 5.41) is 9.63. The Labute approximate surface area is 357 Å². The number of benzene rings is 8. The molecule has 12 aromatic rings. The molecule has 0 bridgehead atoms. The molecule has 0 aliphatic carbocycles. The quantitative estimate of drug-likeness (QED) is 0.161. The Hall–Kier alpha value is -8.41. The van der Waals surface area contributed by atoms with Gasteiger partial charge in [0.15, 0.2) is 5.82 Å². The fraction of sp³-hybridized carbons (Fsp3) is 0. The number of fused-ring (bicyclic) bond motifs is 6. The Kier molecular flexibility index (Phi) is 8.42. The van der Waals surface area contributed by atoms with E-state index in [1.54, 1.807) is 0 Å². The molecule has 12 rings (SSSR count). The van der Waals surface area contributed by atoms with Gasteiger partial charge in [0.1, 0.15) is 11.2 Å². The molecular formula is C57H36N4O. The third-order valence-electron chi connectivity index (χ3n) is 11.9. The summed E-state index contributed by atoms with van der Waals surface area (Å²) >= 11 is 0. The van der Waals surface area contributed by atoms with Gasteiger partial charge in [0, 0.05) is 55.1 Å². The minimum Gasteiger partial charge on any atom is -0.455 e. The molecule has 0 amide bonds. The lowest BCUT2D eigenvalue weighted by Gasteiger charge is -2.18. The molecule has 4 aromatic heterocycles. The van der Waals surface area contributed by atoms with E-state index < -0.39 is 0 Å². The Morgan fingerprint density at radius 1 is 0.371 bits per heavy atom. The first kappa shape index (κ1) is 35.5. The van der Waals surface area contributed by atoms with E-state index in [1.807, 2.05) is 36.5 Å². The van der Waals surface area contributed by atoms with E-state index in [1.165, 1.54) is 0 Å². The largest absolute Gasteiger partial charge is 0.455 e. The second kappa shape index (κ2) is 14.7. The number of hydrogen-bond donors (Lipinski definition) is 0. The van der Waals surface area contributed by atoms with Crippen LogP contribution in [0.4, 0.5) is 0 Å². The molecule has 0 unspecified atom stereocenters. The van der Waals surface area contributed by atoms with Crippen molar-refractivity contribution in [1.82, 2.24) is 19.6 Å². The molecule has 62 heavy (non-hydrogen) atoms. The highest BCUT2D eigenvalue weighted by atomic mass is 16.3. The van der Waals surface area contributed by atoms with Crippen LogP contribution in [0.3, 0.4) is 0 Å². The van der Waals surface area contributed by atoms with Crippen LogP contribution in [-0.4, -0.2) is 19.6 Å². The van der Waals surface area contributed by atoms with Gasteiger partial charge in [-0.3, -0.25) is 0 Å². The number of hydrogen-bond acceptors (Lipinski definition) is 4. The van der Waals surface area contributed by atoms with Gasteiger partial charge in [-0.05, 0) is 40.3 Å². The van der Waals surface area contributed by atoms with E-state index in [9.17, 15) is 0 Å². The van der Waals surface area contributed by atoms with Crippen LogP contribution in [0.2, 0.25) is 0 Å². The molecule has 4 heterocycles. The first-order chi connectivity index (χ1) is 30.7. The molecule has 0 aliphatic heterocycles. The van der Waals surface area contributed by atoms with E-state index in [-0.39, 0.29) is 0 Å². The van der Waals surface area contributed by atoms with E-state index in [4.69, 9.17) is 19.5 Å². The normalized spacial score (nSPS) is 11.5. The highest BCUT2D eigenvalue weighted by molar-refractivity contribution is 6.13. The van der Waals surface area contributed by atoms with Crippen molar-refractivity contribution in [3.63, 3.8) is 0 Å². The Morgan fingerprint density at radius 2 is 0.935 bits per heavy atom. The second-order valence-electron chi connectivity index (χ2n) is 15.6. The van der Waals surface area contributed by atoms with E-state index in [0.717, 1.165) is 111 Å². The Balaban J connectivity index is 1.00. The fourth-order valence-electron chi connectivity index (χ4n) is 8.99. The van der Waals surface area contributed by atoms with Gasteiger partial charge in [0.2, 0.25) is 0 Å². The SMILES string of the molecule is c1ccc(-c2nc(-c3ccc(-c4c(-c5ccccc5)n5ncc(-c6ccccc6)c5c5ccccc45)cc3)cc(-c3cccc(-c4cccc5c4oc4ccccc45)c3)n2)cc1. The molecule has 0 radical (unpaired) electrons. The van der Waals surface area contributed by atoms with Crippen LogP contribution in [-0.2, 0) is 0 Å². The van der Waals surface area contributed by atoms with Crippen molar-refractivity contribution in [2.24, 2.45) is 0 Å². The number of rotatable bonds is 7. The predicted molar refractivity (Wildman–Crippen MR) is 254 cm³/mol. The van der Waals surface area contributed by atoms with E-state index in [2.05, 4.69) is 187 Å². The van der Waals surface area contributed by atoms with Crippen molar-refractivity contribution >= 4 is 38.2 Å². The molecule has 0 atom stereocenters. The van der Waals surface area contributed by atoms with Crippen molar-refractivity contribution in [2.75, 3.05) is 0 Å². The lowest BCUT2D eigenvalue weighted by atomic mass is 9.91. The fourth-order valence-corrected chi connectivity index (χ4v) is 8.99. The van der Waals surface area contributed by atoms with Crippen LogP contribution in [0.25, 0.3) is 117 Å². The molecule has 290 valence electrons. The maximum atomic E-state index is 6.45. The van der Waals surface area contributed by atoms with Gasteiger partial charge in [-0.15, -0.1) is 0 Å². The molecule has 0 saturated carbocycles. The summed E-state index contributed by atoms with van der Waals surface area (Å²) < 4.78 is 8.58. The summed E-state index contributed by atoms with van der Waals surface area (Å²) in [6.45, 7) is 0. The lowest BCUT2D eigenvalue weighted by molar-refractivity contribution is 0.670. The number of furan rings is 1. The number of aromatic nitrogens is 4. The molecule has 0 fully saturated rings. The van der Waals surface area contributed by atoms with Crippen molar-refractivity contribution in [2.45, 2.75) is 0 Å². The van der Waals surface area contributed by atoms with Gasteiger partial charge < -0.3 is 4.42 Å². The van der Waals surface area contributed by atoms with Crippen LogP contribution >= 0.6 is 0 Å². The topological polar surface area (TPSA) is 56.2 Å². The van der Waals surface area contributed by atoms with Crippen LogP contribution in [0.15, 0.2) is 223 Å². The molecule has 0 saturated heterocycles. The van der Waals surface area contributed by atoms with Gasteiger partial charge in [0.05, 0.1) is 28.8 Å². The third-order valence-corrected chi connectivity index (χ3v) is 11.9. The molecule has 5 heteroatoms. The first-order valence-electron chi connectivity index (χ1n) is 20.8. The predicted octanol–water partition coefficient (Wildman–Crippen LogP) is 14.8. The highest BCUT2D eigenvalue weighted by Crippen LogP contribution is 2.43. The molecule has 5 nitrogen and oxygen atoms in total. The van der Waals surface area contributed by atoms with Crippen LogP contribution in [0, 0.1) is 0 Å². The van der Waals surface area contributed by atoms with Gasteiger partial charge in [-0.25, -0.2) is 14.5 Å². The van der Waals surface area contributed by atoms with Crippen molar-refractivity contribution in [1.29, 1.82) is 0 Å². The number of para-hydroxylation sites is 2. The monoisotopic (exact) mass is 792 g/mol. The van der Waals surface area contributed by atoms with Crippen LogP contribution < -0.4 is 0 Å². The zero-order valence-corrected chi connectivity index (χ0v) is 33.5. The van der Waals surface area contributed by atoms with Crippen LogP contribution in [0.1, 0.15) is 0 Å². The van der Waals surface area contributed by atoms with Gasteiger partial charge in [-0.2, -0.15) is 5.10 Å². The smallest absolute Gasteiger partial charge is 0.160 e. The van der Waals surface area contributed by atoms with Gasteiger partial charge in [0.25, 0.3) is 0 Å². The zero-order valence-electron chi connectivity index (χ0n) is 33.5. The summed E-state index contributed by atoms with van der Waals surface area (Å²) in [6.07, 6.45) is 2.00. The summed E-state index contributed by atoms with van der Waals surface area (Å²) in [5.74, 6) is 0.669. The summed E-state index contributed by atoms with van der Waals surface area (Å²) in [4.78, 5) is 10.4. The van der Waals surface area contributed by atoms with Crippen molar-refractivity contribution in [3.05, 3.63) is 219 Å². The minimum atomic E-state index is 0.669.